The summed E-state index contributed by atoms with van der Waals surface area (Å²) in [6.45, 7) is 6.40. The average molecular weight is 792 g/mol. The first-order valence-corrected chi connectivity index (χ1v) is 20.9. The number of carbonyl (C=O) groups excluding carboxylic acids is 3. The van der Waals surface area contributed by atoms with E-state index < -0.39 is 18.3 Å². The van der Waals surface area contributed by atoms with Gasteiger partial charge in [0.15, 0.2) is 0 Å². The van der Waals surface area contributed by atoms with Crippen LogP contribution in [0.2, 0.25) is 0 Å². The molecule has 1 aliphatic rings. The molecule has 0 bridgehead atoms. The number of aromatic nitrogens is 2. The van der Waals surface area contributed by atoms with E-state index in [0.717, 1.165) is 26.7 Å². The van der Waals surface area contributed by atoms with Crippen molar-refractivity contribution in [1.82, 2.24) is 35.7 Å². The molecule has 14 heteroatoms. The number of thiazole rings is 2. The zero-order chi connectivity index (χ0) is 39.0. The van der Waals surface area contributed by atoms with Crippen LogP contribution in [-0.4, -0.2) is 88.8 Å². The molecule has 1 fully saturated rings. The molecule has 0 aliphatic carbocycles. The van der Waals surface area contributed by atoms with Gasteiger partial charge in [0, 0.05) is 56.3 Å². The van der Waals surface area contributed by atoms with Crippen molar-refractivity contribution < 1.29 is 23.5 Å². The number of amides is 4. The summed E-state index contributed by atoms with van der Waals surface area (Å²) in [5.41, 5.74) is 4.63. The number of piperidine rings is 1. The molecule has 4 amide bonds. The van der Waals surface area contributed by atoms with Gasteiger partial charge in [-0.05, 0) is 56.1 Å². The molecule has 2 aromatic carbocycles. The van der Waals surface area contributed by atoms with E-state index in [4.69, 9.17) is 4.74 Å². The zero-order valence-electron chi connectivity index (χ0n) is 32.0. The number of benzene rings is 2. The Bertz CT molecular complexity index is 1740. The molecule has 3 N–H and O–H groups in total. The molecule has 1 saturated heterocycles. The molecule has 0 radical (unpaired) electrons. The van der Waals surface area contributed by atoms with Crippen LogP contribution in [0.4, 0.5) is 14.0 Å². The number of hydrogen-bond acceptors (Lipinski definition) is 9. The van der Waals surface area contributed by atoms with E-state index >= 15 is 0 Å². The summed E-state index contributed by atoms with van der Waals surface area (Å²) in [7, 11) is 1.70. The van der Waals surface area contributed by atoms with Gasteiger partial charge in [0.25, 0.3) is 0 Å². The zero-order valence-corrected chi connectivity index (χ0v) is 33.6. The van der Waals surface area contributed by atoms with E-state index in [-0.39, 0.29) is 30.6 Å². The average Bonchev–Trinajstić information content (AvgIpc) is 3.89. The van der Waals surface area contributed by atoms with Crippen LogP contribution in [0.1, 0.15) is 78.6 Å². The fourth-order valence-electron chi connectivity index (χ4n) is 6.55. The number of hydrogen-bond donors (Lipinski definition) is 3. The number of rotatable bonds is 19. The normalized spacial score (nSPS) is 15.2. The van der Waals surface area contributed by atoms with Crippen molar-refractivity contribution in [1.29, 1.82) is 0 Å². The van der Waals surface area contributed by atoms with Gasteiger partial charge >= 0.3 is 12.1 Å². The molecule has 3 atom stereocenters. The highest BCUT2D eigenvalue weighted by Crippen LogP contribution is 2.20. The van der Waals surface area contributed by atoms with E-state index in [1.54, 1.807) is 35.0 Å². The third-order valence-corrected chi connectivity index (χ3v) is 11.6. The van der Waals surface area contributed by atoms with Gasteiger partial charge in [0.2, 0.25) is 5.91 Å². The molecule has 0 saturated carbocycles. The number of urea groups is 1. The van der Waals surface area contributed by atoms with Crippen LogP contribution in [-0.2, 0) is 35.5 Å². The smallest absolute Gasteiger partial charge is 0.407 e. The number of likely N-dealkylation sites (tertiary alicyclic amines) is 1. The lowest BCUT2D eigenvalue weighted by molar-refractivity contribution is -0.124. The summed E-state index contributed by atoms with van der Waals surface area (Å²) in [5.74, 6) is 0.0139. The predicted octanol–water partition coefficient (Wildman–Crippen LogP) is 7.10. The molecular weight excluding hydrogens is 738 g/mol. The Hall–Kier alpha value is -4.40. The summed E-state index contributed by atoms with van der Waals surface area (Å²) >= 11 is 3.00. The summed E-state index contributed by atoms with van der Waals surface area (Å²) < 4.78 is 19.4. The SMILES string of the molecule is CC(C)c1nc(CN(C)C(=O)NC(CCN2CCC(F)CC2)C(=O)NC(CCC(Cc2ccccc2)NC(=O)OCc2cncs2)Cc2ccccc2)cs1. The second kappa shape index (κ2) is 21.6. The fraction of sp³-hybridized carbons (Fsp3) is 0.488. The Labute approximate surface area is 332 Å². The molecule has 1 aliphatic heterocycles. The van der Waals surface area contributed by atoms with Crippen LogP contribution in [0.3, 0.4) is 0 Å². The van der Waals surface area contributed by atoms with Crippen molar-refractivity contribution in [2.24, 2.45) is 0 Å². The van der Waals surface area contributed by atoms with Crippen molar-refractivity contribution >= 4 is 40.7 Å². The minimum Gasteiger partial charge on any atom is -0.444 e. The maximum Gasteiger partial charge on any atom is 0.407 e. The molecule has 11 nitrogen and oxygen atoms in total. The van der Waals surface area contributed by atoms with Gasteiger partial charge in [-0.15, -0.1) is 22.7 Å². The van der Waals surface area contributed by atoms with E-state index in [2.05, 4.69) is 44.7 Å². The fourth-order valence-corrected chi connectivity index (χ4v) is 7.88. The molecule has 55 heavy (non-hydrogen) atoms. The Morgan fingerprint density at radius 1 is 0.909 bits per heavy atom. The van der Waals surface area contributed by atoms with Crippen molar-refractivity contribution in [2.75, 3.05) is 26.7 Å². The van der Waals surface area contributed by atoms with E-state index in [9.17, 15) is 18.8 Å². The van der Waals surface area contributed by atoms with Crippen molar-refractivity contribution in [3.05, 3.63) is 104 Å². The highest BCUT2D eigenvalue weighted by atomic mass is 32.1. The molecule has 3 heterocycles. The van der Waals surface area contributed by atoms with Crippen LogP contribution >= 0.6 is 22.7 Å². The summed E-state index contributed by atoms with van der Waals surface area (Å²) in [4.78, 5) is 54.1. The number of nitrogens with one attached hydrogen (secondary N) is 3. The molecule has 3 unspecified atom stereocenters. The monoisotopic (exact) mass is 791 g/mol. The summed E-state index contributed by atoms with van der Waals surface area (Å²) in [6.07, 6.45) is 3.93. The van der Waals surface area contributed by atoms with Crippen LogP contribution in [0.15, 0.2) is 77.8 Å². The van der Waals surface area contributed by atoms with Gasteiger partial charge in [-0.25, -0.2) is 19.0 Å². The Kier molecular flexibility index (Phi) is 16.4. The predicted molar refractivity (Wildman–Crippen MR) is 216 cm³/mol. The van der Waals surface area contributed by atoms with Crippen LogP contribution in [0.5, 0.6) is 0 Å². The number of nitrogens with zero attached hydrogens (tertiary/aromatic N) is 4. The number of alkyl halides is 1. The van der Waals surface area contributed by atoms with Gasteiger partial charge in [-0.3, -0.25) is 9.78 Å². The third kappa shape index (κ3) is 14.3. The standard InChI is InChI=1S/C41H54FN7O4S2/c1-29(2)39-45-35(27-54-39)25-48(3)40(51)47-37(18-21-49-19-16-32(42)17-20-49)38(50)44-33(22-30-10-6-4-7-11-30)14-15-34(23-31-12-8-5-9-13-31)46-41(52)53-26-36-24-43-28-55-36/h4-13,24,27-29,32-34,37H,14-23,25-26H2,1-3H3,(H,44,50)(H,46,52)(H,47,51). The van der Waals surface area contributed by atoms with Gasteiger partial charge in [0.1, 0.15) is 18.8 Å². The van der Waals surface area contributed by atoms with Gasteiger partial charge in [-0.2, -0.15) is 0 Å². The maximum absolute atomic E-state index is 14.2. The quantitative estimate of drug-likeness (QED) is 0.0925. The third-order valence-electron chi connectivity index (χ3n) is 9.69. The van der Waals surface area contributed by atoms with Crippen LogP contribution in [0.25, 0.3) is 0 Å². The Balaban J connectivity index is 1.28. The largest absolute Gasteiger partial charge is 0.444 e. The number of halogens is 1. The molecule has 0 spiro atoms. The second-order valence-corrected chi connectivity index (χ2v) is 16.4. The number of carbonyl (C=O) groups is 3. The lowest BCUT2D eigenvalue weighted by Crippen LogP contribution is -2.54. The maximum atomic E-state index is 14.2. The second-order valence-electron chi connectivity index (χ2n) is 14.5. The molecule has 4 aromatic rings. The topological polar surface area (TPSA) is 129 Å². The van der Waals surface area contributed by atoms with E-state index in [0.29, 0.717) is 77.0 Å². The highest BCUT2D eigenvalue weighted by molar-refractivity contribution is 7.09. The minimum absolute atomic E-state index is 0.137. The summed E-state index contributed by atoms with van der Waals surface area (Å²) in [6, 6.07) is 18.1. The first-order chi connectivity index (χ1) is 26.6. The van der Waals surface area contributed by atoms with Gasteiger partial charge in [0.05, 0.1) is 27.6 Å². The Morgan fingerprint density at radius 2 is 1.55 bits per heavy atom. The van der Waals surface area contributed by atoms with Crippen molar-refractivity contribution in [3.63, 3.8) is 0 Å². The van der Waals surface area contributed by atoms with Crippen molar-refractivity contribution in [3.8, 4) is 0 Å². The summed E-state index contributed by atoms with van der Waals surface area (Å²) in [5, 5.41) is 12.3. The molecule has 5 rings (SSSR count). The number of ether oxygens (including phenoxy) is 1. The lowest BCUT2D eigenvalue weighted by atomic mass is 9.95. The molecular formula is C41H54FN7O4S2. The first kappa shape index (κ1) is 41.8. The first-order valence-electron chi connectivity index (χ1n) is 19.1. The molecule has 2 aromatic heterocycles. The van der Waals surface area contributed by atoms with E-state index in [1.165, 1.54) is 11.3 Å². The van der Waals surface area contributed by atoms with E-state index in [1.807, 2.05) is 66.0 Å². The number of alkyl carbamates (subject to hydrolysis) is 1. The van der Waals surface area contributed by atoms with Gasteiger partial charge < -0.3 is 30.5 Å². The van der Waals surface area contributed by atoms with Gasteiger partial charge in [-0.1, -0.05) is 74.5 Å². The van der Waals surface area contributed by atoms with Crippen LogP contribution in [0, 0.1) is 0 Å². The minimum atomic E-state index is -0.821. The Morgan fingerprint density at radius 3 is 2.13 bits per heavy atom. The lowest BCUT2D eigenvalue weighted by Gasteiger charge is -2.31. The van der Waals surface area contributed by atoms with Crippen molar-refractivity contribution in [2.45, 2.75) is 102 Å². The molecule has 296 valence electrons. The highest BCUT2D eigenvalue weighted by Gasteiger charge is 2.28. The van der Waals surface area contributed by atoms with Crippen LogP contribution < -0.4 is 16.0 Å².